The third kappa shape index (κ3) is 9.42. The van der Waals surface area contributed by atoms with E-state index < -0.39 is 5.97 Å². The van der Waals surface area contributed by atoms with Crippen LogP contribution in [0.5, 0.6) is 0 Å². The van der Waals surface area contributed by atoms with E-state index in [1.54, 1.807) is 0 Å². The van der Waals surface area contributed by atoms with Crippen molar-refractivity contribution in [2.75, 3.05) is 0 Å². The molecule has 1 fully saturated rings. The molecule has 1 aliphatic rings. The number of hydrogen-bond donors (Lipinski definition) is 1. The zero-order valence-corrected chi connectivity index (χ0v) is 17.9. The predicted molar refractivity (Wildman–Crippen MR) is 113 cm³/mol. The van der Waals surface area contributed by atoms with E-state index in [4.69, 9.17) is 0 Å². The molecule has 0 spiro atoms. The molecule has 1 rings (SSSR count). The number of hydrogen-bond acceptors (Lipinski definition) is 1. The lowest BCUT2D eigenvalue weighted by Crippen LogP contribution is -2.36. The highest BCUT2D eigenvalue weighted by Crippen LogP contribution is 2.50. The average Bonchev–Trinajstić information content (AvgIpc) is 2.62. The molecule has 0 radical (unpaired) electrons. The molecule has 1 saturated carbocycles. The van der Waals surface area contributed by atoms with E-state index in [1.165, 1.54) is 103 Å². The second kappa shape index (κ2) is 14.5. The van der Waals surface area contributed by atoms with Crippen molar-refractivity contribution in [3.05, 3.63) is 0 Å². The van der Waals surface area contributed by atoms with Crippen LogP contribution in [-0.2, 0) is 4.79 Å². The Balaban J connectivity index is 2.48. The molecule has 0 saturated heterocycles. The van der Waals surface area contributed by atoms with Crippen LogP contribution in [0.25, 0.3) is 0 Å². The molecule has 26 heavy (non-hydrogen) atoms. The van der Waals surface area contributed by atoms with Gasteiger partial charge in [0.15, 0.2) is 0 Å². The molecule has 2 heteroatoms. The molecule has 0 aromatic carbocycles. The second-order valence-electron chi connectivity index (χ2n) is 8.95. The maximum Gasteiger partial charge on any atom is 0.303 e. The lowest BCUT2D eigenvalue weighted by atomic mass is 9.60. The molecule has 154 valence electrons. The van der Waals surface area contributed by atoms with Gasteiger partial charge in [0, 0.05) is 0 Å². The van der Waals surface area contributed by atoms with Gasteiger partial charge in [0.2, 0.25) is 0 Å². The molecular formula is C24H46O2. The Morgan fingerprint density at radius 2 is 1.42 bits per heavy atom. The first-order valence-electron chi connectivity index (χ1n) is 11.9. The van der Waals surface area contributed by atoms with Gasteiger partial charge < -0.3 is 5.11 Å². The first-order valence-corrected chi connectivity index (χ1v) is 11.9. The summed E-state index contributed by atoms with van der Waals surface area (Å²) in [5, 5.41) is 9.59. The molecular weight excluding hydrogens is 320 g/mol. The van der Waals surface area contributed by atoms with E-state index in [1.807, 2.05) is 0 Å². The minimum Gasteiger partial charge on any atom is -0.481 e. The van der Waals surface area contributed by atoms with Crippen LogP contribution >= 0.6 is 0 Å². The summed E-state index contributed by atoms with van der Waals surface area (Å²) in [4.78, 5) is 11.6. The van der Waals surface area contributed by atoms with Gasteiger partial charge in [-0.3, -0.25) is 4.79 Å². The van der Waals surface area contributed by atoms with Gasteiger partial charge in [0.25, 0.3) is 0 Å². The van der Waals surface area contributed by atoms with Gasteiger partial charge in [0.1, 0.15) is 0 Å². The van der Waals surface area contributed by atoms with E-state index in [0.717, 1.165) is 12.8 Å². The fourth-order valence-corrected chi connectivity index (χ4v) is 5.21. The van der Waals surface area contributed by atoms with E-state index in [9.17, 15) is 9.90 Å². The first kappa shape index (κ1) is 23.5. The maximum atomic E-state index is 11.6. The fraction of sp³-hybridized carbons (Fsp3) is 0.958. The molecule has 0 aromatic heterocycles. The van der Waals surface area contributed by atoms with E-state index in [0.29, 0.717) is 12.3 Å². The van der Waals surface area contributed by atoms with Gasteiger partial charge in [-0.05, 0) is 37.0 Å². The van der Waals surface area contributed by atoms with Crippen molar-refractivity contribution in [3.8, 4) is 0 Å². The lowest BCUT2D eigenvalue weighted by molar-refractivity contribution is -0.142. The summed E-state index contributed by atoms with van der Waals surface area (Å²) in [7, 11) is 0. The van der Waals surface area contributed by atoms with E-state index in [2.05, 4.69) is 13.8 Å². The van der Waals surface area contributed by atoms with Crippen LogP contribution in [0.1, 0.15) is 136 Å². The summed E-state index contributed by atoms with van der Waals surface area (Å²) in [6.07, 6.45) is 23.8. The van der Waals surface area contributed by atoms with Gasteiger partial charge in [-0.2, -0.15) is 0 Å². The molecule has 0 amide bonds. The van der Waals surface area contributed by atoms with Crippen molar-refractivity contribution in [2.45, 2.75) is 136 Å². The van der Waals surface area contributed by atoms with Crippen LogP contribution in [0.2, 0.25) is 0 Å². The molecule has 0 aromatic rings. The number of carboxylic acids is 1. The van der Waals surface area contributed by atoms with Crippen molar-refractivity contribution in [1.29, 1.82) is 0 Å². The monoisotopic (exact) mass is 366 g/mol. The number of aliphatic carboxylic acids is 1. The Morgan fingerprint density at radius 3 is 2.04 bits per heavy atom. The Morgan fingerprint density at radius 1 is 0.846 bits per heavy atom. The SMILES string of the molecule is CCCCCCCCC1CCCCC1(CCCCCCCC)CC(=O)O. The highest BCUT2D eigenvalue weighted by molar-refractivity contribution is 5.67. The Bertz CT molecular complexity index is 352. The Labute approximate surface area is 163 Å². The molecule has 2 nitrogen and oxygen atoms in total. The highest BCUT2D eigenvalue weighted by Gasteiger charge is 2.41. The third-order valence-electron chi connectivity index (χ3n) is 6.78. The van der Waals surface area contributed by atoms with Crippen molar-refractivity contribution in [1.82, 2.24) is 0 Å². The summed E-state index contributed by atoms with van der Waals surface area (Å²) in [5.41, 5.74) is 0.109. The lowest BCUT2D eigenvalue weighted by Gasteiger charge is -2.44. The molecule has 0 heterocycles. The third-order valence-corrected chi connectivity index (χ3v) is 6.78. The van der Waals surface area contributed by atoms with Crippen molar-refractivity contribution < 1.29 is 9.90 Å². The van der Waals surface area contributed by atoms with Crippen LogP contribution in [0.3, 0.4) is 0 Å². The van der Waals surface area contributed by atoms with Gasteiger partial charge in [-0.25, -0.2) is 0 Å². The zero-order valence-electron chi connectivity index (χ0n) is 17.9. The maximum absolute atomic E-state index is 11.6. The normalized spacial score (nSPS) is 23.2. The zero-order chi connectivity index (χ0) is 19.1. The Hall–Kier alpha value is -0.530. The number of carbonyl (C=O) groups is 1. The largest absolute Gasteiger partial charge is 0.481 e. The molecule has 2 atom stereocenters. The quantitative estimate of drug-likeness (QED) is 0.280. The van der Waals surface area contributed by atoms with Crippen LogP contribution in [0, 0.1) is 11.3 Å². The van der Waals surface area contributed by atoms with Gasteiger partial charge >= 0.3 is 5.97 Å². The van der Waals surface area contributed by atoms with Crippen molar-refractivity contribution >= 4 is 5.97 Å². The molecule has 0 aliphatic heterocycles. The van der Waals surface area contributed by atoms with E-state index >= 15 is 0 Å². The minimum atomic E-state index is -0.564. The first-order chi connectivity index (χ1) is 12.6. The summed E-state index contributed by atoms with van der Waals surface area (Å²) in [6.45, 7) is 4.53. The van der Waals surface area contributed by atoms with Crippen molar-refractivity contribution in [3.63, 3.8) is 0 Å². The number of unbranched alkanes of at least 4 members (excludes halogenated alkanes) is 10. The topological polar surface area (TPSA) is 37.3 Å². The fourth-order valence-electron chi connectivity index (χ4n) is 5.21. The van der Waals surface area contributed by atoms with Crippen molar-refractivity contribution in [2.24, 2.45) is 11.3 Å². The smallest absolute Gasteiger partial charge is 0.303 e. The van der Waals surface area contributed by atoms with Crippen LogP contribution in [-0.4, -0.2) is 11.1 Å². The number of rotatable bonds is 16. The molecule has 2 unspecified atom stereocenters. The minimum absolute atomic E-state index is 0.109. The number of carboxylic acid groups (broad SMARTS) is 1. The van der Waals surface area contributed by atoms with Crippen LogP contribution in [0.15, 0.2) is 0 Å². The highest BCUT2D eigenvalue weighted by atomic mass is 16.4. The van der Waals surface area contributed by atoms with E-state index in [-0.39, 0.29) is 5.41 Å². The summed E-state index contributed by atoms with van der Waals surface area (Å²) in [6, 6.07) is 0. The van der Waals surface area contributed by atoms with Gasteiger partial charge in [0.05, 0.1) is 6.42 Å². The molecule has 1 aliphatic carbocycles. The standard InChI is InChI=1S/C24H46O2/c1-3-5-7-9-11-13-17-22-18-14-16-20-24(22,21-23(25)26)19-15-12-10-8-6-4-2/h22H,3-21H2,1-2H3,(H,25,26). The summed E-state index contributed by atoms with van der Waals surface area (Å²) < 4.78 is 0. The summed E-state index contributed by atoms with van der Waals surface area (Å²) in [5.74, 6) is 0.0972. The van der Waals surface area contributed by atoms with Gasteiger partial charge in [-0.1, -0.05) is 104 Å². The Kier molecular flexibility index (Phi) is 13.1. The second-order valence-corrected chi connectivity index (χ2v) is 8.95. The van der Waals surface area contributed by atoms with Crippen LogP contribution in [0.4, 0.5) is 0 Å². The predicted octanol–water partition coefficient (Wildman–Crippen LogP) is 8.14. The van der Waals surface area contributed by atoms with Gasteiger partial charge in [-0.15, -0.1) is 0 Å². The summed E-state index contributed by atoms with van der Waals surface area (Å²) >= 11 is 0. The van der Waals surface area contributed by atoms with Crippen LogP contribution < -0.4 is 0 Å². The average molecular weight is 367 g/mol. The molecule has 0 bridgehead atoms. The molecule has 1 N–H and O–H groups in total.